The highest BCUT2D eigenvalue weighted by atomic mass is 16.2. The molecule has 2 heterocycles. The van der Waals surface area contributed by atoms with Gasteiger partial charge in [0.15, 0.2) is 0 Å². The molecular weight excluding hydrogens is 266 g/mol. The lowest BCUT2D eigenvalue weighted by Crippen LogP contribution is -2.41. The van der Waals surface area contributed by atoms with Crippen molar-refractivity contribution in [1.29, 1.82) is 0 Å². The molecule has 0 aliphatic carbocycles. The lowest BCUT2D eigenvalue weighted by Gasteiger charge is -2.22. The molecule has 1 unspecified atom stereocenters. The maximum absolute atomic E-state index is 12.3. The van der Waals surface area contributed by atoms with E-state index in [1.54, 1.807) is 12.5 Å². The van der Waals surface area contributed by atoms with E-state index in [2.05, 4.69) is 41.3 Å². The normalized spacial score (nSPS) is 12.6. The summed E-state index contributed by atoms with van der Waals surface area (Å²) in [5.41, 5.74) is 1.45. The number of hydrogen-bond donors (Lipinski definition) is 2. The number of nitrogens with one attached hydrogen (secondary N) is 2. The van der Waals surface area contributed by atoms with Gasteiger partial charge in [0, 0.05) is 30.7 Å². The number of hydrogen-bond acceptors (Lipinski definition) is 3. The van der Waals surface area contributed by atoms with Gasteiger partial charge in [0.05, 0.1) is 6.33 Å². The van der Waals surface area contributed by atoms with Crippen molar-refractivity contribution in [3.8, 4) is 0 Å². The Hall–Kier alpha value is -2.11. The van der Waals surface area contributed by atoms with Gasteiger partial charge in [-0.2, -0.15) is 5.10 Å². The number of nitrogens with zero attached hydrogens (tertiary/aromatic N) is 3. The summed E-state index contributed by atoms with van der Waals surface area (Å²) in [7, 11) is 0. The van der Waals surface area contributed by atoms with Crippen molar-refractivity contribution < 1.29 is 4.79 Å². The number of rotatable bonds is 7. The van der Waals surface area contributed by atoms with Crippen molar-refractivity contribution >= 4 is 5.91 Å². The molecule has 2 aromatic rings. The van der Waals surface area contributed by atoms with Crippen molar-refractivity contribution in [2.45, 2.75) is 46.2 Å². The maximum atomic E-state index is 12.3. The molecule has 2 rings (SSSR count). The standard InChI is InChI=1S/C15H23N5O/c1-4-5-12-8-13(19-18-12)15(21)17-14(11(2)3)9-20-7-6-16-10-20/h6-8,10-11,14H,4-5,9H2,1-3H3,(H,17,21)(H,18,19). The molecule has 1 atom stereocenters. The van der Waals surface area contributed by atoms with E-state index in [0.717, 1.165) is 18.5 Å². The first-order valence-corrected chi connectivity index (χ1v) is 7.41. The fraction of sp³-hybridized carbons (Fsp3) is 0.533. The minimum Gasteiger partial charge on any atom is -0.346 e. The van der Waals surface area contributed by atoms with Crippen LogP contribution in [-0.4, -0.2) is 31.7 Å². The van der Waals surface area contributed by atoms with Crippen molar-refractivity contribution in [2.24, 2.45) is 5.92 Å². The van der Waals surface area contributed by atoms with Gasteiger partial charge in [-0.15, -0.1) is 0 Å². The molecule has 0 spiro atoms. The van der Waals surface area contributed by atoms with Crippen LogP contribution in [0.15, 0.2) is 24.8 Å². The lowest BCUT2D eigenvalue weighted by molar-refractivity contribution is 0.0915. The summed E-state index contributed by atoms with van der Waals surface area (Å²) in [4.78, 5) is 16.3. The van der Waals surface area contributed by atoms with E-state index in [4.69, 9.17) is 0 Å². The van der Waals surface area contributed by atoms with E-state index >= 15 is 0 Å². The van der Waals surface area contributed by atoms with Crippen LogP contribution in [0.5, 0.6) is 0 Å². The predicted octanol–water partition coefficient (Wildman–Crippen LogP) is 2.01. The molecule has 0 fully saturated rings. The fourth-order valence-electron chi connectivity index (χ4n) is 2.16. The van der Waals surface area contributed by atoms with Crippen LogP contribution in [0.25, 0.3) is 0 Å². The molecule has 21 heavy (non-hydrogen) atoms. The lowest BCUT2D eigenvalue weighted by atomic mass is 10.0. The average molecular weight is 289 g/mol. The third kappa shape index (κ3) is 4.18. The minimum absolute atomic E-state index is 0.0398. The van der Waals surface area contributed by atoms with E-state index in [1.807, 2.05) is 16.8 Å². The number of aryl methyl sites for hydroxylation is 1. The molecular formula is C15H23N5O. The minimum atomic E-state index is -0.132. The summed E-state index contributed by atoms with van der Waals surface area (Å²) in [6.45, 7) is 6.99. The summed E-state index contributed by atoms with van der Waals surface area (Å²) in [5.74, 6) is 0.192. The molecule has 0 aliphatic heterocycles. The number of imidazole rings is 1. The molecule has 0 aromatic carbocycles. The molecule has 0 aliphatic rings. The van der Waals surface area contributed by atoms with Gasteiger partial charge in [-0.25, -0.2) is 4.98 Å². The topological polar surface area (TPSA) is 75.6 Å². The molecule has 0 bridgehead atoms. The molecule has 114 valence electrons. The van der Waals surface area contributed by atoms with Gasteiger partial charge in [-0.1, -0.05) is 27.2 Å². The van der Waals surface area contributed by atoms with E-state index in [1.165, 1.54) is 0 Å². The zero-order chi connectivity index (χ0) is 15.2. The Morgan fingerprint density at radius 2 is 2.29 bits per heavy atom. The van der Waals surface area contributed by atoms with E-state index in [0.29, 0.717) is 18.2 Å². The number of amides is 1. The maximum Gasteiger partial charge on any atom is 0.272 e. The van der Waals surface area contributed by atoms with E-state index in [-0.39, 0.29) is 11.9 Å². The second kappa shape index (κ2) is 7.06. The van der Waals surface area contributed by atoms with Crippen LogP contribution < -0.4 is 5.32 Å². The Kier molecular flexibility index (Phi) is 5.14. The molecule has 6 heteroatoms. The second-order valence-corrected chi connectivity index (χ2v) is 5.61. The van der Waals surface area contributed by atoms with Gasteiger partial charge in [0.1, 0.15) is 5.69 Å². The number of carbonyl (C=O) groups excluding carboxylic acids is 1. The van der Waals surface area contributed by atoms with Gasteiger partial charge in [-0.3, -0.25) is 9.89 Å². The Morgan fingerprint density at radius 1 is 1.48 bits per heavy atom. The van der Waals surface area contributed by atoms with Crippen LogP contribution in [0, 0.1) is 5.92 Å². The zero-order valence-electron chi connectivity index (χ0n) is 12.8. The highest BCUT2D eigenvalue weighted by Gasteiger charge is 2.19. The van der Waals surface area contributed by atoms with Gasteiger partial charge < -0.3 is 9.88 Å². The van der Waals surface area contributed by atoms with Crippen LogP contribution >= 0.6 is 0 Å². The van der Waals surface area contributed by atoms with Crippen molar-refractivity contribution in [3.63, 3.8) is 0 Å². The van der Waals surface area contributed by atoms with E-state index < -0.39 is 0 Å². The molecule has 0 saturated heterocycles. The highest BCUT2D eigenvalue weighted by molar-refractivity contribution is 5.92. The quantitative estimate of drug-likeness (QED) is 0.818. The Bertz CT molecular complexity index is 558. The number of aromatic nitrogens is 4. The fourth-order valence-corrected chi connectivity index (χ4v) is 2.16. The highest BCUT2D eigenvalue weighted by Crippen LogP contribution is 2.08. The van der Waals surface area contributed by atoms with Crippen molar-refractivity contribution in [2.75, 3.05) is 0 Å². The van der Waals surface area contributed by atoms with Crippen LogP contribution in [0.4, 0.5) is 0 Å². The summed E-state index contributed by atoms with van der Waals surface area (Å²) in [5, 5.41) is 10.1. The number of H-pyrrole nitrogens is 1. The predicted molar refractivity (Wildman–Crippen MR) is 80.9 cm³/mol. The first-order valence-electron chi connectivity index (χ1n) is 7.41. The molecule has 6 nitrogen and oxygen atoms in total. The largest absolute Gasteiger partial charge is 0.346 e. The Morgan fingerprint density at radius 3 is 2.90 bits per heavy atom. The number of carbonyl (C=O) groups is 1. The molecule has 2 aromatic heterocycles. The van der Waals surface area contributed by atoms with Crippen molar-refractivity contribution in [3.05, 3.63) is 36.2 Å². The first kappa shape index (κ1) is 15.3. The molecule has 2 N–H and O–H groups in total. The second-order valence-electron chi connectivity index (χ2n) is 5.61. The molecule has 1 amide bonds. The summed E-state index contributed by atoms with van der Waals surface area (Å²) < 4.78 is 1.97. The smallest absolute Gasteiger partial charge is 0.272 e. The summed E-state index contributed by atoms with van der Waals surface area (Å²) >= 11 is 0. The van der Waals surface area contributed by atoms with Crippen molar-refractivity contribution in [1.82, 2.24) is 25.1 Å². The van der Waals surface area contributed by atoms with Gasteiger partial charge in [0.2, 0.25) is 0 Å². The van der Waals surface area contributed by atoms with Crippen LogP contribution in [-0.2, 0) is 13.0 Å². The first-order chi connectivity index (χ1) is 10.1. The Labute approximate surface area is 125 Å². The van der Waals surface area contributed by atoms with E-state index in [9.17, 15) is 4.79 Å². The van der Waals surface area contributed by atoms with Crippen LogP contribution in [0.1, 0.15) is 43.4 Å². The third-order valence-corrected chi connectivity index (χ3v) is 3.47. The van der Waals surface area contributed by atoms with Gasteiger partial charge in [-0.05, 0) is 18.4 Å². The SMILES string of the molecule is CCCc1cc(C(=O)NC(Cn2ccnc2)C(C)C)n[nH]1. The summed E-state index contributed by atoms with van der Waals surface area (Å²) in [6.07, 6.45) is 7.33. The number of aromatic amines is 1. The van der Waals surface area contributed by atoms with Crippen LogP contribution in [0.2, 0.25) is 0 Å². The zero-order valence-corrected chi connectivity index (χ0v) is 12.8. The average Bonchev–Trinajstić information content (AvgIpc) is 3.09. The van der Waals surface area contributed by atoms with Gasteiger partial charge in [0.25, 0.3) is 5.91 Å². The van der Waals surface area contributed by atoms with Gasteiger partial charge >= 0.3 is 0 Å². The Balaban J connectivity index is 2.00. The summed E-state index contributed by atoms with van der Waals surface area (Å²) in [6, 6.07) is 1.87. The van der Waals surface area contributed by atoms with Crippen LogP contribution in [0.3, 0.4) is 0 Å². The monoisotopic (exact) mass is 289 g/mol. The molecule has 0 radical (unpaired) electrons. The molecule has 0 saturated carbocycles. The third-order valence-electron chi connectivity index (χ3n) is 3.47.